The third-order valence-electron chi connectivity index (χ3n) is 3.50. The van der Waals surface area contributed by atoms with E-state index in [4.69, 9.17) is 10.5 Å². The molecule has 0 spiro atoms. The number of morpholine rings is 1. The topological polar surface area (TPSA) is 75.8 Å². The highest BCUT2D eigenvalue weighted by Crippen LogP contribution is 2.17. The summed E-state index contributed by atoms with van der Waals surface area (Å²) in [5.74, 6) is 5.63. The minimum atomic E-state index is -0.288. The van der Waals surface area contributed by atoms with Crippen LogP contribution in [0.4, 0.5) is 0 Å². The first-order chi connectivity index (χ1) is 10.2. The molecule has 1 aromatic carbocycles. The van der Waals surface area contributed by atoms with Crippen LogP contribution in [-0.2, 0) is 4.74 Å². The first-order valence-corrected chi connectivity index (χ1v) is 6.96. The summed E-state index contributed by atoms with van der Waals surface area (Å²) >= 11 is 0. The molecule has 21 heavy (non-hydrogen) atoms. The molecule has 1 aromatic rings. The molecule has 1 atom stereocenters. The number of aliphatic hydroxyl groups excluding tert-OH is 1. The van der Waals surface area contributed by atoms with Crippen LogP contribution in [-0.4, -0.2) is 54.9 Å². The maximum atomic E-state index is 12.7. The molecule has 1 aliphatic heterocycles. The van der Waals surface area contributed by atoms with Crippen molar-refractivity contribution in [3.63, 3.8) is 0 Å². The third kappa shape index (κ3) is 3.61. The summed E-state index contributed by atoms with van der Waals surface area (Å²) in [5, 5.41) is 9.39. The second-order valence-electron chi connectivity index (χ2n) is 4.95. The monoisotopic (exact) mass is 288 g/mol. The molecular weight excluding hydrogens is 268 g/mol. The largest absolute Gasteiger partial charge is 0.394 e. The Balaban J connectivity index is 2.29. The number of hydrogen-bond donors (Lipinski definition) is 2. The Bertz CT molecular complexity index is 575. The number of nitrogens with two attached hydrogens (primary N) is 1. The Kier molecular flexibility index (Phi) is 5.34. The Morgan fingerprint density at radius 1 is 1.57 bits per heavy atom. The van der Waals surface area contributed by atoms with Crippen LogP contribution in [0.3, 0.4) is 0 Å². The molecule has 2 rings (SSSR count). The van der Waals surface area contributed by atoms with Gasteiger partial charge in [0.2, 0.25) is 0 Å². The fraction of sp³-hybridized carbons (Fsp3) is 0.438. The van der Waals surface area contributed by atoms with Crippen LogP contribution < -0.4 is 5.73 Å². The van der Waals surface area contributed by atoms with Crippen molar-refractivity contribution in [1.82, 2.24) is 4.90 Å². The van der Waals surface area contributed by atoms with Gasteiger partial charge in [0.25, 0.3) is 5.91 Å². The molecule has 0 saturated carbocycles. The smallest absolute Gasteiger partial charge is 0.254 e. The third-order valence-corrected chi connectivity index (χ3v) is 3.50. The average Bonchev–Trinajstić information content (AvgIpc) is 2.53. The van der Waals surface area contributed by atoms with Crippen molar-refractivity contribution in [2.45, 2.75) is 13.0 Å². The molecule has 5 heteroatoms. The summed E-state index contributed by atoms with van der Waals surface area (Å²) in [6.07, 6.45) is 0. The maximum absolute atomic E-state index is 12.7. The number of benzene rings is 1. The van der Waals surface area contributed by atoms with E-state index in [1.54, 1.807) is 11.0 Å². The zero-order valence-corrected chi connectivity index (χ0v) is 12.1. The van der Waals surface area contributed by atoms with E-state index in [0.29, 0.717) is 25.3 Å². The molecule has 0 bridgehead atoms. The highest BCUT2D eigenvalue weighted by Gasteiger charge is 2.28. The lowest BCUT2D eigenvalue weighted by Gasteiger charge is -2.34. The normalized spacial score (nSPS) is 18.0. The van der Waals surface area contributed by atoms with E-state index in [1.807, 2.05) is 19.1 Å². The van der Waals surface area contributed by atoms with Crippen molar-refractivity contribution in [2.24, 2.45) is 5.73 Å². The lowest BCUT2D eigenvalue weighted by molar-refractivity contribution is -0.0184. The van der Waals surface area contributed by atoms with E-state index in [-0.39, 0.29) is 25.1 Å². The summed E-state index contributed by atoms with van der Waals surface area (Å²) in [6.45, 7) is 3.43. The van der Waals surface area contributed by atoms with Crippen molar-refractivity contribution < 1.29 is 14.6 Å². The Labute approximate surface area is 124 Å². The van der Waals surface area contributed by atoms with Gasteiger partial charge in [-0.2, -0.15) is 0 Å². The molecular formula is C16H20N2O3. The average molecular weight is 288 g/mol. The zero-order valence-electron chi connectivity index (χ0n) is 12.1. The molecule has 0 aromatic heterocycles. The molecule has 1 fully saturated rings. The number of amides is 1. The predicted octanol–water partition coefficient (Wildman–Crippen LogP) is 0.139. The van der Waals surface area contributed by atoms with Gasteiger partial charge in [0.15, 0.2) is 0 Å². The molecule has 1 unspecified atom stereocenters. The molecule has 112 valence electrons. The number of rotatable bonds is 2. The molecule has 1 aliphatic rings. The second kappa shape index (κ2) is 7.23. The van der Waals surface area contributed by atoms with Crippen molar-refractivity contribution >= 4 is 5.91 Å². The number of aliphatic hydroxyl groups is 1. The number of carbonyl (C=O) groups excluding carboxylic acids is 1. The van der Waals surface area contributed by atoms with Crippen molar-refractivity contribution in [2.75, 3.05) is 32.9 Å². The van der Waals surface area contributed by atoms with Crippen LogP contribution in [0, 0.1) is 18.8 Å². The summed E-state index contributed by atoms with van der Waals surface area (Å²) in [6, 6.07) is 5.24. The molecule has 0 aliphatic carbocycles. The van der Waals surface area contributed by atoms with Gasteiger partial charge in [-0.05, 0) is 24.6 Å². The van der Waals surface area contributed by atoms with Gasteiger partial charge in [-0.15, -0.1) is 0 Å². The maximum Gasteiger partial charge on any atom is 0.254 e. The summed E-state index contributed by atoms with van der Waals surface area (Å²) < 4.78 is 5.31. The van der Waals surface area contributed by atoms with Crippen LogP contribution in [0.15, 0.2) is 18.2 Å². The number of carbonyl (C=O) groups is 1. The minimum absolute atomic E-state index is 0.0914. The van der Waals surface area contributed by atoms with Gasteiger partial charge in [0, 0.05) is 17.7 Å². The lowest BCUT2D eigenvalue weighted by Crippen LogP contribution is -2.50. The van der Waals surface area contributed by atoms with Crippen molar-refractivity contribution in [3.05, 3.63) is 34.9 Å². The second-order valence-corrected chi connectivity index (χ2v) is 4.95. The molecule has 0 radical (unpaired) electrons. The Morgan fingerprint density at radius 3 is 3.10 bits per heavy atom. The predicted molar refractivity (Wildman–Crippen MR) is 79.8 cm³/mol. The lowest BCUT2D eigenvalue weighted by atomic mass is 10.0. The van der Waals surface area contributed by atoms with Crippen LogP contribution in [0.25, 0.3) is 0 Å². The van der Waals surface area contributed by atoms with E-state index in [0.717, 1.165) is 11.1 Å². The number of hydrogen-bond acceptors (Lipinski definition) is 4. The quantitative estimate of drug-likeness (QED) is 0.759. The van der Waals surface area contributed by atoms with Crippen LogP contribution >= 0.6 is 0 Å². The van der Waals surface area contributed by atoms with Crippen LogP contribution in [0.1, 0.15) is 21.5 Å². The Hall–Kier alpha value is -1.87. The van der Waals surface area contributed by atoms with E-state index in [2.05, 4.69) is 11.8 Å². The van der Waals surface area contributed by atoms with E-state index in [1.165, 1.54) is 0 Å². The highest BCUT2D eigenvalue weighted by atomic mass is 16.5. The van der Waals surface area contributed by atoms with Crippen molar-refractivity contribution in [1.29, 1.82) is 0 Å². The summed E-state index contributed by atoms with van der Waals surface area (Å²) in [5.41, 5.74) is 7.63. The zero-order chi connectivity index (χ0) is 15.2. The van der Waals surface area contributed by atoms with Crippen LogP contribution in [0.2, 0.25) is 0 Å². The standard InChI is InChI=1S/C16H20N2O3/c1-12-4-5-13(3-2-6-17)9-15(12)16(20)18-7-8-21-11-14(18)10-19/h4-5,9,14,19H,6-8,10-11,17H2,1H3. The number of aryl methyl sites for hydroxylation is 1. The molecule has 1 amide bonds. The minimum Gasteiger partial charge on any atom is -0.394 e. The summed E-state index contributed by atoms with van der Waals surface area (Å²) in [4.78, 5) is 14.4. The highest BCUT2D eigenvalue weighted by molar-refractivity contribution is 5.96. The van der Waals surface area contributed by atoms with Gasteiger partial charge in [-0.25, -0.2) is 0 Å². The molecule has 1 heterocycles. The Morgan fingerprint density at radius 2 is 2.38 bits per heavy atom. The number of nitrogens with zero attached hydrogens (tertiary/aromatic N) is 1. The van der Waals surface area contributed by atoms with Gasteiger partial charge < -0.3 is 20.5 Å². The first-order valence-electron chi connectivity index (χ1n) is 6.96. The van der Waals surface area contributed by atoms with E-state index in [9.17, 15) is 9.90 Å². The molecule has 1 saturated heterocycles. The van der Waals surface area contributed by atoms with E-state index >= 15 is 0 Å². The SMILES string of the molecule is Cc1ccc(C#CCN)cc1C(=O)N1CCOCC1CO. The van der Waals surface area contributed by atoms with Gasteiger partial charge in [-0.3, -0.25) is 4.79 Å². The van der Waals surface area contributed by atoms with Gasteiger partial charge in [0.1, 0.15) is 0 Å². The van der Waals surface area contributed by atoms with Crippen molar-refractivity contribution in [3.8, 4) is 11.8 Å². The molecule has 5 nitrogen and oxygen atoms in total. The fourth-order valence-corrected chi connectivity index (χ4v) is 2.31. The van der Waals surface area contributed by atoms with E-state index < -0.39 is 0 Å². The van der Waals surface area contributed by atoms with Gasteiger partial charge in [0.05, 0.1) is 32.4 Å². The van der Waals surface area contributed by atoms with Gasteiger partial charge >= 0.3 is 0 Å². The van der Waals surface area contributed by atoms with Crippen LogP contribution in [0.5, 0.6) is 0 Å². The fourth-order valence-electron chi connectivity index (χ4n) is 2.31. The molecule has 3 N–H and O–H groups in total. The first kappa shape index (κ1) is 15.5. The summed E-state index contributed by atoms with van der Waals surface area (Å²) in [7, 11) is 0. The van der Waals surface area contributed by atoms with Gasteiger partial charge in [-0.1, -0.05) is 17.9 Å². The number of ether oxygens (including phenoxy) is 1.